The van der Waals surface area contributed by atoms with Crippen molar-refractivity contribution in [1.29, 1.82) is 5.26 Å². The molecule has 1 aliphatic rings. The standard InChI is InChI=1S/C24H23AsF3N9/c1-14(16-10-33-23(34-11-16)37-5-3-36(2)4-6-37)25-22-32-9-15(8-29)20(35-22)19-13-31-21-18(19)7-17(12-30-21)24(26,27)28/h7,9-14,25H,3-6H2,1-2H3,(H,30,31)/t14-/m1/s1. The molecule has 1 unspecified atom stereocenters. The summed E-state index contributed by atoms with van der Waals surface area (Å²) in [5.41, 5.74) is 1.25. The molecule has 1 saturated heterocycles. The summed E-state index contributed by atoms with van der Waals surface area (Å²) in [6.07, 6.45) is 2.88. The molecule has 0 radical (unpaired) electrons. The van der Waals surface area contributed by atoms with Gasteiger partial charge in [0.1, 0.15) is 0 Å². The van der Waals surface area contributed by atoms with Crippen LogP contribution in [0.1, 0.15) is 28.3 Å². The Bertz CT molecular complexity index is 1460. The number of anilines is 1. The van der Waals surface area contributed by atoms with Gasteiger partial charge in [0, 0.05) is 0 Å². The van der Waals surface area contributed by atoms with Crippen LogP contribution in [0.2, 0.25) is 0 Å². The summed E-state index contributed by atoms with van der Waals surface area (Å²) >= 11 is -0.929. The van der Waals surface area contributed by atoms with E-state index in [-0.39, 0.29) is 27.0 Å². The summed E-state index contributed by atoms with van der Waals surface area (Å²) < 4.78 is 40.5. The summed E-state index contributed by atoms with van der Waals surface area (Å²) in [5.74, 6) is 0.715. The van der Waals surface area contributed by atoms with Crippen molar-refractivity contribution in [3.63, 3.8) is 0 Å². The monoisotopic (exact) mass is 569 g/mol. The molecular formula is C24H23AsF3N9. The topological polar surface area (TPSA) is 111 Å². The fourth-order valence-corrected chi connectivity index (χ4v) is 6.23. The zero-order valence-corrected chi connectivity index (χ0v) is 22.2. The van der Waals surface area contributed by atoms with E-state index in [4.69, 9.17) is 0 Å². The Labute approximate surface area is 217 Å². The Morgan fingerprint density at radius 2 is 1.78 bits per heavy atom. The number of halogens is 3. The predicted molar refractivity (Wildman–Crippen MR) is 134 cm³/mol. The van der Waals surface area contributed by atoms with Gasteiger partial charge in [-0.15, -0.1) is 0 Å². The van der Waals surface area contributed by atoms with Crippen LogP contribution in [0.25, 0.3) is 22.3 Å². The van der Waals surface area contributed by atoms with E-state index < -0.39 is 27.5 Å². The van der Waals surface area contributed by atoms with Gasteiger partial charge in [0.25, 0.3) is 0 Å². The van der Waals surface area contributed by atoms with E-state index in [0.717, 1.165) is 44.0 Å². The van der Waals surface area contributed by atoms with Crippen LogP contribution in [-0.4, -0.2) is 83.8 Å². The van der Waals surface area contributed by atoms with Crippen molar-refractivity contribution < 1.29 is 13.2 Å². The number of H-pyrrole nitrogens is 1. The van der Waals surface area contributed by atoms with Crippen molar-refractivity contribution in [2.75, 3.05) is 38.1 Å². The number of likely N-dealkylation sites (N-methyl/N-ethyl adjacent to an activating group) is 1. The molecule has 0 aliphatic carbocycles. The fourth-order valence-electron chi connectivity index (χ4n) is 4.09. The number of piperazine rings is 1. The molecule has 1 aliphatic heterocycles. The number of alkyl halides is 3. The van der Waals surface area contributed by atoms with Crippen LogP contribution < -0.4 is 9.51 Å². The molecule has 190 valence electrons. The van der Waals surface area contributed by atoms with Gasteiger partial charge in [0.05, 0.1) is 0 Å². The molecule has 9 nitrogen and oxygen atoms in total. The van der Waals surface area contributed by atoms with Gasteiger partial charge in [-0.1, -0.05) is 0 Å². The normalized spacial score (nSPS) is 15.9. The number of fused-ring (bicyclic) bond motifs is 1. The summed E-state index contributed by atoms with van der Waals surface area (Å²) in [6.45, 7) is 5.76. The SMILES string of the molecule is C[C@@H]([AsH]c1ncc(C#N)c(-c2c[nH]c3ncc(C(F)(F)F)cc23)n1)c1cnc(N2CCN(C)CC2)nc1. The molecule has 13 heteroatoms. The maximum atomic E-state index is 13.3. The van der Waals surface area contributed by atoms with Crippen LogP contribution in [0.5, 0.6) is 0 Å². The second kappa shape index (κ2) is 10.1. The average Bonchev–Trinajstić information content (AvgIpc) is 3.32. The van der Waals surface area contributed by atoms with Gasteiger partial charge in [-0.25, -0.2) is 0 Å². The van der Waals surface area contributed by atoms with E-state index in [1.807, 2.05) is 12.4 Å². The number of rotatable bonds is 5. The Hall–Kier alpha value is -3.55. The summed E-state index contributed by atoms with van der Waals surface area (Å²) in [5, 5.41) is 9.87. The Kier molecular flexibility index (Phi) is 6.84. The molecule has 2 atom stereocenters. The van der Waals surface area contributed by atoms with E-state index in [1.165, 1.54) is 12.4 Å². The van der Waals surface area contributed by atoms with Gasteiger partial charge in [-0.05, 0) is 0 Å². The van der Waals surface area contributed by atoms with Gasteiger partial charge in [-0.2, -0.15) is 0 Å². The molecule has 0 saturated carbocycles. The molecule has 4 aromatic rings. The molecule has 0 aromatic carbocycles. The number of hydrogen-bond acceptors (Lipinski definition) is 8. The Balaban J connectivity index is 1.40. The molecule has 5 heterocycles. The van der Waals surface area contributed by atoms with Crippen LogP contribution in [0.15, 0.2) is 37.1 Å². The Morgan fingerprint density at radius 1 is 1.05 bits per heavy atom. The maximum absolute atomic E-state index is 13.3. The van der Waals surface area contributed by atoms with E-state index in [9.17, 15) is 18.4 Å². The zero-order valence-electron chi connectivity index (χ0n) is 20.1. The molecule has 5 rings (SSSR count). The minimum absolute atomic E-state index is 0.101. The molecule has 0 bridgehead atoms. The average molecular weight is 569 g/mol. The van der Waals surface area contributed by atoms with Crippen molar-refractivity contribution in [3.05, 3.63) is 53.7 Å². The second-order valence-corrected chi connectivity index (χ2v) is 12.2. The molecule has 4 aromatic heterocycles. The van der Waals surface area contributed by atoms with Crippen molar-refractivity contribution in [2.24, 2.45) is 0 Å². The number of nitriles is 1. The molecule has 1 N–H and O–H groups in total. The third kappa shape index (κ3) is 5.28. The van der Waals surface area contributed by atoms with Crippen LogP contribution >= 0.6 is 0 Å². The molecular weight excluding hydrogens is 546 g/mol. The van der Waals surface area contributed by atoms with Crippen molar-refractivity contribution >= 4 is 37.3 Å². The number of hydrogen-bond donors (Lipinski definition) is 1. The van der Waals surface area contributed by atoms with Crippen LogP contribution in [0.4, 0.5) is 19.1 Å². The van der Waals surface area contributed by atoms with Crippen LogP contribution in [0, 0.1) is 11.3 Å². The van der Waals surface area contributed by atoms with Crippen LogP contribution in [-0.2, 0) is 6.18 Å². The number of aromatic amines is 1. The van der Waals surface area contributed by atoms with Gasteiger partial charge in [-0.3, -0.25) is 0 Å². The summed E-state index contributed by atoms with van der Waals surface area (Å²) in [4.78, 5) is 29.4. The molecule has 0 spiro atoms. The van der Waals surface area contributed by atoms with Gasteiger partial charge >= 0.3 is 218 Å². The fraction of sp³-hybridized carbons (Fsp3) is 0.333. The van der Waals surface area contributed by atoms with E-state index in [2.05, 4.69) is 59.7 Å². The molecule has 37 heavy (non-hydrogen) atoms. The van der Waals surface area contributed by atoms with E-state index >= 15 is 0 Å². The summed E-state index contributed by atoms with van der Waals surface area (Å²) in [7, 11) is 2.10. The Morgan fingerprint density at radius 3 is 2.46 bits per heavy atom. The second-order valence-electron chi connectivity index (χ2n) is 8.86. The minimum atomic E-state index is -4.53. The number of nitrogens with one attached hydrogen (secondary N) is 1. The third-order valence-corrected chi connectivity index (χ3v) is 8.97. The summed E-state index contributed by atoms with van der Waals surface area (Å²) in [6, 6.07) is 3.07. The number of nitrogens with zero attached hydrogens (tertiary/aromatic N) is 8. The number of aromatic nitrogens is 6. The van der Waals surface area contributed by atoms with E-state index in [1.54, 1.807) is 0 Å². The van der Waals surface area contributed by atoms with Crippen molar-refractivity contribution in [1.82, 2.24) is 34.8 Å². The third-order valence-electron chi connectivity index (χ3n) is 6.31. The van der Waals surface area contributed by atoms with Gasteiger partial charge in [0.2, 0.25) is 0 Å². The zero-order chi connectivity index (χ0) is 26.2. The van der Waals surface area contributed by atoms with Gasteiger partial charge < -0.3 is 0 Å². The first-order chi connectivity index (χ1) is 17.7. The van der Waals surface area contributed by atoms with Crippen molar-refractivity contribution in [2.45, 2.75) is 17.8 Å². The van der Waals surface area contributed by atoms with Gasteiger partial charge in [0.15, 0.2) is 0 Å². The predicted octanol–water partition coefficient (Wildman–Crippen LogP) is 2.28. The first kappa shape index (κ1) is 25.1. The van der Waals surface area contributed by atoms with Crippen LogP contribution in [0.3, 0.4) is 0 Å². The molecule has 0 amide bonds. The molecule has 1 fully saturated rings. The van der Waals surface area contributed by atoms with E-state index in [0.29, 0.717) is 16.1 Å². The quantitative estimate of drug-likeness (QED) is 0.365. The first-order valence-electron chi connectivity index (χ1n) is 11.6. The first-order valence-corrected chi connectivity index (χ1v) is 13.8. The number of pyridine rings is 1. The van der Waals surface area contributed by atoms with Crippen molar-refractivity contribution in [3.8, 4) is 17.3 Å².